The molecule has 1 aromatic rings. The first kappa shape index (κ1) is 12.7. The van der Waals surface area contributed by atoms with Crippen LogP contribution < -0.4 is 9.64 Å². The highest BCUT2D eigenvalue weighted by Gasteiger charge is 2.07. The molecule has 0 spiro atoms. The van der Waals surface area contributed by atoms with Crippen LogP contribution in [-0.4, -0.2) is 31.2 Å². The Bertz CT molecular complexity index is 274. The quantitative estimate of drug-likeness (QED) is 0.725. The third kappa shape index (κ3) is 3.20. The summed E-state index contributed by atoms with van der Waals surface area (Å²) in [6, 6.07) is 0. The van der Waals surface area contributed by atoms with Gasteiger partial charge in [-0.05, 0) is 6.92 Å². The Hall–Kier alpha value is -1.32. The van der Waals surface area contributed by atoms with Gasteiger partial charge in [-0.25, -0.2) is 9.97 Å². The van der Waals surface area contributed by atoms with Crippen molar-refractivity contribution in [2.75, 3.05) is 26.1 Å². The normalized spacial score (nSPS) is 8.71. The first-order chi connectivity index (χ1) is 6.65. The van der Waals surface area contributed by atoms with E-state index in [2.05, 4.69) is 9.97 Å². The average molecular weight is 197 g/mol. The van der Waals surface area contributed by atoms with Crippen molar-refractivity contribution in [1.82, 2.24) is 9.97 Å². The predicted octanol–water partition coefficient (Wildman–Crippen LogP) is 1.89. The minimum Gasteiger partial charge on any atom is -0.478 e. The second-order valence-corrected chi connectivity index (χ2v) is 2.74. The lowest BCUT2D eigenvalue weighted by molar-refractivity contribution is 0.395. The molecule has 0 unspecified atom stereocenters. The second-order valence-electron chi connectivity index (χ2n) is 2.74. The highest BCUT2D eigenvalue weighted by atomic mass is 16.5. The van der Waals surface area contributed by atoms with Gasteiger partial charge < -0.3 is 9.64 Å². The topological polar surface area (TPSA) is 38.3 Å². The van der Waals surface area contributed by atoms with E-state index in [9.17, 15) is 0 Å². The highest BCUT2D eigenvalue weighted by Crippen LogP contribution is 2.20. The molecule has 1 heterocycles. The van der Waals surface area contributed by atoms with Crippen molar-refractivity contribution >= 4 is 5.82 Å². The lowest BCUT2D eigenvalue weighted by Crippen LogP contribution is -2.13. The molecule has 80 valence electrons. The molecule has 0 aromatic carbocycles. The zero-order valence-electron chi connectivity index (χ0n) is 9.83. The van der Waals surface area contributed by atoms with Crippen molar-refractivity contribution < 1.29 is 4.74 Å². The lowest BCUT2D eigenvalue weighted by Gasteiger charge is -2.13. The third-order valence-electron chi connectivity index (χ3n) is 1.46. The monoisotopic (exact) mass is 197 g/mol. The predicted molar refractivity (Wildman–Crippen MR) is 59.0 cm³/mol. The molecule has 0 radical (unpaired) electrons. The Labute approximate surface area is 85.9 Å². The van der Waals surface area contributed by atoms with Gasteiger partial charge in [0.05, 0.1) is 19.0 Å². The summed E-state index contributed by atoms with van der Waals surface area (Å²) in [6.07, 6.45) is 1.72. The molecule has 14 heavy (non-hydrogen) atoms. The maximum atomic E-state index is 5.07. The molecule has 4 nitrogen and oxygen atoms in total. The van der Waals surface area contributed by atoms with E-state index in [4.69, 9.17) is 4.74 Å². The molecule has 0 atom stereocenters. The summed E-state index contributed by atoms with van der Waals surface area (Å²) in [6.45, 7) is 5.88. The van der Waals surface area contributed by atoms with Gasteiger partial charge in [-0.3, -0.25) is 0 Å². The van der Waals surface area contributed by atoms with E-state index < -0.39 is 0 Å². The zero-order chi connectivity index (χ0) is 11.1. The van der Waals surface area contributed by atoms with Crippen molar-refractivity contribution in [3.05, 3.63) is 11.9 Å². The Kier molecular flexibility index (Phi) is 5.60. The van der Waals surface area contributed by atoms with Gasteiger partial charge in [0.15, 0.2) is 5.82 Å². The van der Waals surface area contributed by atoms with Gasteiger partial charge in [0.25, 0.3) is 5.88 Å². The van der Waals surface area contributed by atoms with E-state index in [1.807, 2.05) is 39.8 Å². The van der Waals surface area contributed by atoms with Gasteiger partial charge in [-0.15, -0.1) is 0 Å². The van der Waals surface area contributed by atoms with Crippen molar-refractivity contribution in [3.63, 3.8) is 0 Å². The Morgan fingerprint density at radius 2 is 1.86 bits per heavy atom. The molecule has 4 heteroatoms. The summed E-state index contributed by atoms with van der Waals surface area (Å²) in [5, 5.41) is 0. The van der Waals surface area contributed by atoms with Crippen molar-refractivity contribution in [1.29, 1.82) is 0 Å². The number of aromatic nitrogens is 2. The van der Waals surface area contributed by atoms with Crippen molar-refractivity contribution in [3.8, 4) is 5.88 Å². The number of methoxy groups -OCH3 is 1. The number of anilines is 1. The fraction of sp³-hybridized carbons (Fsp3) is 0.600. The highest BCUT2D eigenvalue weighted by molar-refractivity contribution is 5.46. The third-order valence-corrected chi connectivity index (χ3v) is 1.46. The van der Waals surface area contributed by atoms with Crippen LogP contribution in [0, 0.1) is 6.92 Å². The average Bonchev–Trinajstić information content (AvgIpc) is 2.20. The molecule has 0 aliphatic heterocycles. The number of nitrogens with zero attached hydrogens (tertiary/aromatic N) is 3. The lowest BCUT2D eigenvalue weighted by atomic mass is 10.5. The molecule has 0 amide bonds. The van der Waals surface area contributed by atoms with E-state index >= 15 is 0 Å². The van der Waals surface area contributed by atoms with Crippen molar-refractivity contribution in [2.24, 2.45) is 0 Å². The molecular formula is C10H19N3O. The van der Waals surface area contributed by atoms with Crippen LogP contribution in [0.5, 0.6) is 5.88 Å². The van der Waals surface area contributed by atoms with Gasteiger partial charge in [-0.1, -0.05) is 13.8 Å². The smallest absolute Gasteiger partial charge is 0.257 e. The summed E-state index contributed by atoms with van der Waals surface area (Å²) in [5.41, 5.74) is 0.859. The van der Waals surface area contributed by atoms with Gasteiger partial charge in [0.1, 0.15) is 0 Å². The van der Waals surface area contributed by atoms with Gasteiger partial charge in [0.2, 0.25) is 0 Å². The van der Waals surface area contributed by atoms with Gasteiger partial charge in [-0.2, -0.15) is 0 Å². The molecule has 0 bridgehead atoms. The second kappa shape index (κ2) is 6.18. The number of ether oxygens (including phenoxy) is 1. The van der Waals surface area contributed by atoms with Crippen LogP contribution in [0.2, 0.25) is 0 Å². The molecule has 1 rings (SSSR count). The largest absolute Gasteiger partial charge is 0.478 e. The van der Waals surface area contributed by atoms with Crippen molar-refractivity contribution in [2.45, 2.75) is 20.8 Å². The Morgan fingerprint density at radius 1 is 1.29 bits per heavy atom. The molecule has 0 saturated heterocycles. The van der Waals surface area contributed by atoms with E-state index in [1.54, 1.807) is 13.3 Å². The number of aryl methyl sites for hydroxylation is 1. The molecule has 0 aliphatic carbocycles. The Morgan fingerprint density at radius 3 is 2.29 bits per heavy atom. The summed E-state index contributed by atoms with van der Waals surface area (Å²) in [5.74, 6) is 1.32. The van der Waals surface area contributed by atoms with Crippen LogP contribution in [0.1, 0.15) is 19.5 Å². The molecule has 0 N–H and O–H groups in total. The summed E-state index contributed by atoms with van der Waals surface area (Å²) >= 11 is 0. The molecular weight excluding hydrogens is 178 g/mol. The van der Waals surface area contributed by atoms with Crippen LogP contribution in [0.15, 0.2) is 6.20 Å². The summed E-state index contributed by atoms with van der Waals surface area (Å²) < 4.78 is 5.07. The fourth-order valence-electron chi connectivity index (χ4n) is 0.893. The molecule has 0 saturated carbocycles. The fourth-order valence-corrected chi connectivity index (χ4v) is 0.893. The maximum Gasteiger partial charge on any atom is 0.257 e. The maximum absolute atomic E-state index is 5.07. The number of rotatable bonds is 2. The number of hydrogen-bond acceptors (Lipinski definition) is 4. The van der Waals surface area contributed by atoms with E-state index in [1.165, 1.54) is 0 Å². The first-order valence-corrected chi connectivity index (χ1v) is 4.70. The van der Waals surface area contributed by atoms with Crippen LogP contribution >= 0.6 is 0 Å². The zero-order valence-corrected chi connectivity index (χ0v) is 9.83. The summed E-state index contributed by atoms with van der Waals surface area (Å²) in [7, 11) is 5.40. The molecule has 1 aromatic heterocycles. The van der Waals surface area contributed by atoms with E-state index in [-0.39, 0.29) is 0 Å². The Balaban J connectivity index is 0.000000791. The SMILES string of the molecule is CC.COc1nc(C)cnc1N(C)C. The van der Waals surface area contributed by atoms with Crippen LogP contribution in [0.25, 0.3) is 0 Å². The van der Waals surface area contributed by atoms with Gasteiger partial charge in [0, 0.05) is 14.1 Å². The van der Waals surface area contributed by atoms with E-state index in [0.29, 0.717) is 5.88 Å². The minimum absolute atomic E-state index is 0.569. The van der Waals surface area contributed by atoms with Crippen LogP contribution in [-0.2, 0) is 0 Å². The number of hydrogen-bond donors (Lipinski definition) is 0. The van der Waals surface area contributed by atoms with E-state index in [0.717, 1.165) is 11.5 Å². The summed E-state index contributed by atoms with van der Waals surface area (Å²) in [4.78, 5) is 10.2. The van der Waals surface area contributed by atoms with Gasteiger partial charge >= 0.3 is 0 Å². The molecule has 0 aliphatic rings. The standard InChI is InChI=1S/C8H13N3O.C2H6/c1-6-5-9-7(11(2)3)8(10-6)12-4;1-2/h5H,1-4H3;1-2H3. The van der Waals surface area contributed by atoms with Crippen LogP contribution in [0.3, 0.4) is 0 Å². The van der Waals surface area contributed by atoms with Crippen LogP contribution in [0.4, 0.5) is 5.82 Å². The first-order valence-electron chi connectivity index (χ1n) is 4.70. The molecule has 0 fully saturated rings. The minimum atomic E-state index is 0.569.